The van der Waals surface area contributed by atoms with Crippen LogP contribution in [-0.2, 0) is 0 Å². The molecule has 0 bridgehead atoms. The highest BCUT2D eigenvalue weighted by Gasteiger charge is 2.27. The van der Waals surface area contributed by atoms with Crippen molar-refractivity contribution in [1.82, 2.24) is 4.90 Å². The summed E-state index contributed by atoms with van der Waals surface area (Å²) in [6.45, 7) is 7.20. The summed E-state index contributed by atoms with van der Waals surface area (Å²) >= 11 is 0. The summed E-state index contributed by atoms with van der Waals surface area (Å²) < 4.78 is 0. The van der Waals surface area contributed by atoms with Crippen molar-refractivity contribution < 1.29 is 4.79 Å². The topological polar surface area (TPSA) is 20.3 Å². The van der Waals surface area contributed by atoms with Crippen LogP contribution in [0.2, 0.25) is 0 Å². The van der Waals surface area contributed by atoms with Gasteiger partial charge in [-0.15, -0.1) is 0 Å². The molecule has 1 aromatic rings. The second kappa shape index (κ2) is 5.23. The number of rotatable bonds is 5. The smallest absolute Gasteiger partial charge is 0.179 e. The lowest BCUT2D eigenvalue weighted by Crippen LogP contribution is -2.37. The first-order chi connectivity index (χ1) is 8.49. The molecule has 2 rings (SSSR count). The van der Waals surface area contributed by atoms with E-state index in [1.165, 1.54) is 24.0 Å². The Kier molecular flexibility index (Phi) is 3.86. The van der Waals surface area contributed by atoms with Crippen molar-refractivity contribution in [3.05, 3.63) is 34.9 Å². The molecule has 0 aliphatic heterocycles. The SMILES string of the molecule is Cc1ccc(C(=O)C(C)N(C)CC2CC2)cc1C. The zero-order valence-corrected chi connectivity index (χ0v) is 11.9. The Morgan fingerprint density at radius 2 is 2.00 bits per heavy atom. The molecule has 1 aromatic carbocycles. The van der Waals surface area contributed by atoms with Gasteiger partial charge < -0.3 is 0 Å². The first kappa shape index (κ1) is 13.3. The second-order valence-corrected chi connectivity index (χ2v) is 5.72. The van der Waals surface area contributed by atoms with Crippen LogP contribution in [0, 0.1) is 19.8 Å². The summed E-state index contributed by atoms with van der Waals surface area (Å²) in [6.07, 6.45) is 2.66. The molecule has 1 saturated carbocycles. The standard InChI is InChI=1S/C16H23NO/c1-11-5-8-15(9-12(11)2)16(18)13(3)17(4)10-14-6-7-14/h5,8-9,13-14H,6-7,10H2,1-4H3. The van der Waals surface area contributed by atoms with Crippen molar-refractivity contribution in [2.24, 2.45) is 5.92 Å². The average molecular weight is 245 g/mol. The molecule has 0 radical (unpaired) electrons. The van der Waals surface area contributed by atoms with Crippen LogP contribution in [0.5, 0.6) is 0 Å². The number of benzene rings is 1. The first-order valence-corrected chi connectivity index (χ1v) is 6.80. The van der Waals surface area contributed by atoms with Crippen molar-refractivity contribution in [2.45, 2.75) is 39.7 Å². The Morgan fingerprint density at radius 1 is 1.33 bits per heavy atom. The van der Waals surface area contributed by atoms with Crippen molar-refractivity contribution in [2.75, 3.05) is 13.6 Å². The zero-order chi connectivity index (χ0) is 13.3. The lowest BCUT2D eigenvalue weighted by Gasteiger charge is -2.23. The van der Waals surface area contributed by atoms with E-state index in [-0.39, 0.29) is 11.8 Å². The molecule has 1 aliphatic rings. The fourth-order valence-corrected chi connectivity index (χ4v) is 2.20. The Morgan fingerprint density at radius 3 is 2.56 bits per heavy atom. The van der Waals surface area contributed by atoms with E-state index in [0.29, 0.717) is 0 Å². The highest BCUT2D eigenvalue weighted by Crippen LogP contribution is 2.30. The van der Waals surface area contributed by atoms with E-state index in [0.717, 1.165) is 18.0 Å². The number of carbonyl (C=O) groups is 1. The number of hydrogen-bond donors (Lipinski definition) is 0. The minimum absolute atomic E-state index is 0.0206. The predicted octanol–water partition coefficient (Wildman–Crippen LogP) is 3.22. The minimum Gasteiger partial charge on any atom is -0.296 e. The summed E-state index contributed by atoms with van der Waals surface area (Å²) in [5.41, 5.74) is 3.27. The highest BCUT2D eigenvalue weighted by atomic mass is 16.1. The van der Waals surface area contributed by atoms with Crippen LogP contribution in [0.1, 0.15) is 41.3 Å². The van der Waals surface area contributed by atoms with Gasteiger partial charge in [0.1, 0.15) is 0 Å². The van der Waals surface area contributed by atoms with E-state index in [4.69, 9.17) is 0 Å². The average Bonchev–Trinajstić information content (AvgIpc) is 3.14. The first-order valence-electron chi connectivity index (χ1n) is 6.80. The van der Waals surface area contributed by atoms with Gasteiger partial charge in [0.2, 0.25) is 0 Å². The van der Waals surface area contributed by atoms with Gasteiger partial charge in [0.05, 0.1) is 6.04 Å². The van der Waals surface area contributed by atoms with Gasteiger partial charge >= 0.3 is 0 Å². The van der Waals surface area contributed by atoms with Crippen LogP contribution in [0.25, 0.3) is 0 Å². The Balaban J connectivity index is 2.06. The summed E-state index contributed by atoms with van der Waals surface area (Å²) in [6, 6.07) is 5.98. The molecule has 98 valence electrons. The number of nitrogens with zero attached hydrogens (tertiary/aromatic N) is 1. The summed E-state index contributed by atoms with van der Waals surface area (Å²) in [7, 11) is 2.06. The van der Waals surface area contributed by atoms with Gasteiger partial charge in [-0.1, -0.05) is 12.1 Å². The largest absolute Gasteiger partial charge is 0.296 e. The third-order valence-electron chi connectivity index (χ3n) is 4.08. The monoisotopic (exact) mass is 245 g/mol. The van der Waals surface area contributed by atoms with Gasteiger partial charge in [0.15, 0.2) is 5.78 Å². The predicted molar refractivity (Wildman–Crippen MR) is 75.1 cm³/mol. The number of Topliss-reactive ketones (excluding diaryl/α,β-unsaturated/α-hetero) is 1. The van der Waals surface area contributed by atoms with Gasteiger partial charge in [0.25, 0.3) is 0 Å². The molecule has 1 fully saturated rings. The summed E-state index contributed by atoms with van der Waals surface area (Å²) in [5.74, 6) is 1.06. The fraction of sp³-hybridized carbons (Fsp3) is 0.562. The van der Waals surface area contributed by atoms with Crippen LogP contribution < -0.4 is 0 Å². The molecule has 2 heteroatoms. The molecule has 18 heavy (non-hydrogen) atoms. The lowest BCUT2D eigenvalue weighted by molar-refractivity contribution is 0.0864. The normalized spacial score (nSPS) is 16.9. The van der Waals surface area contributed by atoms with Crippen molar-refractivity contribution in [3.63, 3.8) is 0 Å². The zero-order valence-electron chi connectivity index (χ0n) is 11.9. The molecule has 1 aliphatic carbocycles. The molecule has 0 N–H and O–H groups in total. The molecule has 0 amide bonds. The lowest BCUT2D eigenvalue weighted by atomic mass is 10.00. The highest BCUT2D eigenvalue weighted by molar-refractivity contribution is 6.00. The second-order valence-electron chi connectivity index (χ2n) is 5.72. The molecule has 0 heterocycles. The number of likely N-dealkylation sites (N-methyl/N-ethyl adjacent to an activating group) is 1. The summed E-state index contributed by atoms with van der Waals surface area (Å²) in [5, 5.41) is 0. The molecule has 1 atom stereocenters. The van der Waals surface area contributed by atoms with E-state index >= 15 is 0 Å². The number of hydrogen-bond acceptors (Lipinski definition) is 2. The maximum absolute atomic E-state index is 12.4. The molecule has 2 nitrogen and oxygen atoms in total. The van der Waals surface area contributed by atoms with E-state index in [2.05, 4.69) is 25.8 Å². The van der Waals surface area contributed by atoms with Crippen LogP contribution in [0.4, 0.5) is 0 Å². The third kappa shape index (κ3) is 2.99. The molecule has 1 unspecified atom stereocenters. The third-order valence-corrected chi connectivity index (χ3v) is 4.08. The van der Waals surface area contributed by atoms with Gasteiger partial charge in [-0.25, -0.2) is 0 Å². The quantitative estimate of drug-likeness (QED) is 0.742. The molecule has 0 saturated heterocycles. The number of carbonyl (C=O) groups excluding carboxylic acids is 1. The summed E-state index contributed by atoms with van der Waals surface area (Å²) in [4.78, 5) is 14.6. The van der Waals surface area contributed by atoms with Crippen LogP contribution in [-0.4, -0.2) is 30.3 Å². The van der Waals surface area contributed by atoms with Crippen molar-refractivity contribution in [1.29, 1.82) is 0 Å². The van der Waals surface area contributed by atoms with Crippen LogP contribution >= 0.6 is 0 Å². The molecular weight excluding hydrogens is 222 g/mol. The minimum atomic E-state index is -0.0206. The van der Waals surface area contributed by atoms with E-state index in [1.807, 2.05) is 25.1 Å². The van der Waals surface area contributed by atoms with Crippen molar-refractivity contribution >= 4 is 5.78 Å². The van der Waals surface area contributed by atoms with E-state index in [1.54, 1.807) is 0 Å². The maximum atomic E-state index is 12.4. The molecule has 0 aromatic heterocycles. The Bertz CT molecular complexity index is 448. The van der Waals surface area contributed by atoms with Gasteiger partial charge in [-0.05, 0) is 63.8 Å². The molecular formula is C16H23NO. The Labute approximate surface area is 110 Å². The number of ketones is 1. The fourth-order valence-electron chi connectivity index (χ4n) is 2.20. The van der Waals surface area contributed by atoms with Gasteiger partial charge in [-0.2, -0.15) is 0 Å². The van der Waals surface area contributed by atoms with E-state index in [9.17, 15) is 4.79 Å². The van der Waals surface area contributed by atoms with Gasteiger partial charge in [-0.3, -0.25) is 9.69 Å². The van der Waals surface area contributed by atoms with Crippen molar-refractivity contribution in [3.8, 4) is 0 Å². The van der Waals surface area contributed by atoms with Gasteiger partial charge in [0, 0.05) is 12.1 Å². The number of aryl methyl sites for hydroxylation is 2. The van der Waals surface area contributed by atoms with Crippen LogP contribution in [0.3, 0.4) is 0 Å². The van der Waals surface area contributed by atoms with Crippen LogP contribution in [0.15, 0.2) is 18.2 Å². The Hall–Kier alpha value is -1.15. The maximum Gasteiger partial charge on any atom is 0.179 e. The molecule has 0 spiro atoms. The van der Waals surface area contributed by atoms with E-state index < -0.39 is 0 Å².